The van der Waals surface area contributed by atoms with Crippen molar-refractivity contribution in [2.24, 2.45) is 0 Å². The minimum atomic E-state index is -4.00. The zero-order valence-electron chi connectivity index (χ0n) is 9.84. The van der Waals surface area contributed by atoms with Gasteiger partial charge < -0.3 is 0 Å². The first-order valence-corrected chi connectivity index (χ1v) is 7.12. The Morgan fingerprint density at radius 1 is 1.30 bits per heavy atom. The Morgan fingerprint density at radius 3 is 2.60 bits per heavy atom. The van der Waals surface area contributed by atoms with Crippen molar-refractivity contribution in [1.29, 1.82) is 5.26 Å². The summed E-state index contributed by atoms with van der Waals surface area (Å²) in [5.41, 5.74) is 0.293. The van der Waals surface area contributed by atoms with E-state index in [0.29, 0.717) is 5.56 Å². The summed E-state index contributed by atoms with van der Waals surface area (Å²) < 4.78 is 39.4. The van der Waals surface area contributed by atoms with Gasteiger partial charge in [0.15, 0.2) is 0 Å². The van der Waals surface area contributed by atoms with Gasteiger partial charge in [0, 0.05) is 11.2 Å². The van der Waals surface area contributed by atoms with Crippen LogP contribution in [0.25, 0.3) is 0 Å². The molecule has 2 aromatic rings. The fourth-order valence-electron chi connectivity index (χ4n) is 1.40. The minimum absolute atomic E-state index is 0.0179. The van der Waals surface area contributed by atoms with E-state index in [9.17, 15) is 12.8 Å². The van der Waals surface area contributed by atoms with E-state index < -0.39 is 15.8 Å². The molecule has 0 saturated carbocycles. The number of sulfonamides is 1. The Labute approximate surface area is 119 Å². The van der Waals surface area contributed by atoms with Gasteiger partial charge >= 0.3 is 0 Å². The standard InChI is InChI=1S/C12H7ClFN3O2S/c13-9-3-10(14)5-11(4-9)20(18,19)17-12-2-1-8(6-15)7-16-12/h1-5,7H,(H,16,17). The molecule has 0 bridgehead atoms. The van der Waals surface area contributed by atoms with Gasteiger partial charge in [0.2, 0.25) is 0 Å². The second kappa shape index (κ2) is 5.45. The molecule has 0 fully saturated rings. The van der Waals surface area contributed by atoms with E-state index in [1.807, 2.05) is 6.07 Å². The summed E-state index contributed by atoms with van der Waals surface area (Å²) in [4.78, 5) is 3.45. The second-order valence-electron chi connectivity index (χ2n) is 3.75. The number of rotatable bonds is 3. The summed E-state index contributed by atoms with van der Waals surface area (Å²) in [6, 6.07) is 7.56. The third-order valence-electron chi connectivity index (χ3n) is 2.28. The maximum Gasteiger partial charge on any atom is 0.263 e. The lowest BCUT2D eigenvalue weighted by molar-refractivity contribution is 0.595. The number of benzene rings is 1. The van der Waals surface area contributed by atoms with Gasteiger partial charge in [-0.05, 0) is 30.3 Å². The van der Waals surface area contributed by atoms with Gasteiger partial charge in [0.1, 0.15) is 17.7 Å². The van der Waals surface area contributed by atoms with Gasteiger partial charge in [-0.25, -0.2) is 17.8 Å². The predicted molar refractivity (Wildman–Crippen MR) is 71.2 cm³/mol. The van der Waals surface area contributed by atoms with Crippen molar-refractivity contribution in [3.8, 4) is 6.07 Å². The van der Waals surface area contributed by atoms with Crippen LogP contribution in [0.5, 0.6) is 0 Å². The lowest BCUT2D eigenvalue weighted by Gasteiger charge is -2.07. The van der Waals surface area contributed by atoms with Gasteiger partial charge in [0.05, 0.1) is 10.5 Å². The molecule has 0 amide bonds. The molecule has 1 N–H and O–H groups in total. The summed E-state index contributed by atoms with van der Waals surface area (Å²) in [6.07, 6.45) is 1.22. The number of hydrogen-bond donors (Lipinski definition) is 1. The molecule has 1 heterocycles. The van der Waals surface area contributed by atoms with Crippen molar-refractivity contribution in [1.82, 2.24) is 4.98 Å². The van der Waals surface area contributed by atoms with Gasteiger partial charge in [-0.2, -0.15) is 5.26 Å². The Kier molecular flexibility index (Phi) is 3.88. The first-order valence-electron chi connectivity index (χ1n) is 5.26. The van der Waals surface area contributed by atoms with E-state index in [0.717, 1.165) is 18.2 Å². The van der Waals surface area contributed by atoms with Crippen LogP contribution < -0.4 is 4.72 Å². The molecule has 20 heavy (non-hydrogen) atoms. The van der Waals surface area contributed by atoms with E-state index in [4.69, 9.17) is 16.9 Å². The second-order valence-corrected chi connectivity index (χ2v) is 5.87. The first kappa shape index (κ1) is 14.2. The highest BCUT2D eigenvalue weighted by molar-refractivity contribution is 7.92. The summed E-state index contributed by atoms with van der Waals surface area (Å²) in [7, 11) is -4.00. The third-order valence-corrected chi connectivity index (χ3v) is 3.83. The van der Waals surface area contributed by atoms with Crippen molar-refractivity contribution in [2.45, 2.75) is 4.90 Å². The zero-order valence-corrected chi connectivity index (χ0v) is 11.4. The van der Waals surface area contributed by atoms with E-state index in [2.05, 4.69) is 9.71 Å². The largest absolute Gasteiger partial charge is 0.263 e. The maximum absolute atomic E-state index is 13.2. The molecule has 0 aliphatic rings. The van der Waals surface area contributed by atoms with Gasteiger partial charge in [-0.1, -0.05) is 11.6 Å². The molecule has 0 saturated heterocycles. The number of halogens is 2. The highest BCUT2D eigenvalue weighted by Gasteiger charge is 2.16. The van der Waals surface area contributed by atoms with E-state index in [1.54, 1.807) is 0 Å². The maximum atomic E-state index is 13.2. The fourth-order valence-corrected chi connectivity index (χ4v) is 2.75. The Bertz CT molecular complexity index is 765. The fraction of sp³-hybridized carbons (Fsp3) is 0. The van der Waals surface area contributed by atoms with Crippen LogP contribution in [0, 0.1) is 17.1 Å². The Hall–Kier alpha value is -2.17. The minimum Gasteiger partial charge on any atom is -0.263 e. The van der Waals surface area contributed by atoms with Crippen molar-refractivity contribution < 1.29 is 12.8 Å². The molecule has 102 valence electrons. The van der Waals surface area contributed by atoms with Crippen LogP contribution in [0.15, 0.2) is 41.4 Å². The molecule has 0 unspecified atom stereocenters. The summed E-state index contributed by atoms with van der Waals surface area (Å²) in [5, 5.41) is 8.59. The molecule has 1 aromatic heterocycles. The number of hydrogen-bond acceptors (Lipinski definition) is 4. The first-order chi connectivity index (χ1) is 9.40. The number of aromatic nitrogens is 1. The summed E-state index contributed by atoms with van der Waals surface area (Å²) >= 11 is 5.61. The molecule has 0 aliphatic heterocycles. The van der Waals surface area contributed by atoms with Crippen LogP contribution in [0.4, 0.5) is 10.2 Å². The van der Waals surface area contributed by atoms with Crippen LogP contribution in [0.3, 0.4) is 0 Å². The van der Waals surface area contributed by atoms with Crippen LogP contribution in [0.2, 0.25) is 5.02 Å². The molecule has 2 rings (SSSR count). The Morgan fingerprint density at radius 2 is 2.05 bits per heavy atom. The molecule has 5 nitrogen and oxygen atoms in total. The molecule has 1 aromatic carbocycles. The predicted octanol–water partition coefficient (Wildman–Crippen LogP) is 2.55. The molecule has 8 heteroatoms. The lowest BCUT2D eigenvalue weighted by Crippen LogP contribution is -2.14. The van der Waals surface area contributed by atoms with Crippen molar-refractivity contribution in [2.75, 3.05) is 4.72 Å². The average Bonchev–Trinajstić information content (AvgIpc) is 2.38. The monoisotopic (exact) mass is 311 g/mol. The number of nitriles is 1. The SMILES string of the molecule is N#Cc1ccc(NS(=O)(=O)c2cc(F)cc(Cl)c2)nc1. The topological polar surface area (TPSA) is 82.9 Å². The highest BCUT2D eigenvalue weighted by Crippen LogP contribution is 2.20. The number of anilines is 1. The van der Waals surface area contributed by atoms with Crippen LogP contribution >= 0.6 is 11.6 Å². The van der Waals surface area contributed by atoms with Crippen molar-refractivity contribution in [3.63, 3.8) is 0 Å². The van der Waals surface area contributed by atoms with Crippen LogP contribution in [-0.2, 0) is 10.0 Å². The van der Waals surface area contributed by atoms with E-state index >= 15 is 0 Å². The van der Waals surface area contributed by atoms with Crippen LogP contribution in [0.1, 0.15) is 5.56 Å². The van der Waals surface area contributed by atoms with E-state index in [-0.39, 0.29) is 15.7 Å². The number of nitrogens with zero attached hydrogens (tertiary/aromatic N) is 2. The average molecular weight is 312 g/mol. The summed E-state index contributed by atoms with van der Waals surface area (Å²) in [5.74, 6) is -0.741. The summed E-state index contributed by atoms with van der Waals surface area (Å²) in [6.45, 7) is 0. The molecule has 0 spiro atoms. The highest BCUT2D eigenvalue weighted by atomic mass is 35.5. The van der Waals surface area contributed by atoms with Gasteiger partial charge in [-0.3, -0.25) is 4.72 Å². The van der Waals surface area contributed by atoms with Gasteiger partial charge in [-0.15, -0.1) is 0 Å². The number of pyridine rings is 1. The van der Waals surface area contributed by atoms with Crippen LogP contribution in [-0.4, -0.2) is 13.4 Å². The smallest absolute Gasteiger partial charge is 0.263 e. The number of nitrogens with one attached hydrogen (secondary N) is 1. The quantitative estimate of drug-likeness (QED) is 0.944. The Balaban J connectivity index is 2.33. The van der Waals surface area contributed by atoms with Crippen molar-refractivity contribution in [3.05, 3.63) is 52.9 Å². The molecular formula is C12H7ClFN3O2S. The lowest BCUT2D eigenvalue weighted by atomic mass is 10.3. The van der Waals surface area contributed by atoms with Gasteiger partial charge in [0.25, 0.3) is 10.0 Å². The molecule has 0 aliphatic carbocycles. The normalized spacial score (nSPS) is 10.8. The third kappa shape index (κ3) is 3.23. The zero-order chi connectivity index (χ0) is 14.8. The molecule has 0 radical (unpaired) electrons. The van der Waals surface area contributed by atoms with E-state index in [1.165, 1.54) is 18.3 Å². The van der Waals surface area contributed by atoms with Crippen molar-refractivity contribution >= 4 is 27.4 Å². The molecule has 0 atom stereocenters. The molecular weight excluding hydrogens is 305 g/mol.